The second-order valence-electron chi connectivity index (χ2n) is 8.28. The predicted octanol–water partition coefficient (Wildman–Crippen LogP) is 5.33. The first-order chi connectivity index (χ1) is 14.9. The summed E-state index contributed by atoms with van der Waals surface area (Å²) in [7, 11) is 4.23. The number of hydrogen-bond acceptors (Lipinski definition) is 4. The van der Waals surface area contributed by atoms with Crippen LogP contribution in [0.2, 0.25) is 0 Å². The van der Waals surface area contributed by atoms with Crippen LogP contribution in [0, 0.1) is 13.8 Å². The van der Waals surface area contributed by atoms with Crippen molar-refractivity contribution >= 4 is 17.1 Å². The van der Waals surface area contributed by atoms with Crippen LogP contribution >= 0.6 is 0 Å². The monoisotopic (exact) mass is 413 g/mol. The summed E-state index contributed by atoms with van der Waals surface area (Å²) >= 11 is 0. The van der Waals surface area contributed by atoms with Crippen molar-refractivity contribution in [1.82, 2.24) is 14.5 Å². The van der Waals surface area contributed by atoms with Crippen LogP contribution in [0.3, 0.4) is 0 Å². The van der Waals surface area contributed by atoms with Crippen LogP contribution in [0.15, 0.2) is 55.8 Å². The number of nitrogens with one attached hydrogen (secondary N) is 2. The molecule has 1 aromatic heterocycles. The smallest absolute Gasteiger partial charge is 0.156 e. The van der Waals surface area contributed by atoms with Crippen molar-refractivity contribution in [2.24, 2.45) is 7.05 Å². The maximum atomic E-state index is 4.89. The minimum Gasteiger partial charge on any atom is -0.362 e. The molecule has 5 heteroatoms. The molecule has 0 aliphatic carbocycles. The van der Waals surface area contributed by atoms with E-state index < -0.39 is 0 Å². The summed E-state index contributed by atoms with van der Waals surface area (Å²) < 4.78 is 2.19. The zero-order chi connectivity index (χ0) is 22.1. The van der Waals surface area contributed by atoms with E-state index in [1.165, 1.54) is 27.9 Å². The van der Waals surface area contributed by atoms with E-state index >= 15 is 0 Å². The lowest BCUT2D eigenvalue weighted by molar-refractivity contribution is 0.305. The number of imidazole rings is 1. The fourth-order valence-corrected chi connectivity index (χ4v) is 4.40. The predicted molar refractivity (Wildman–Crippen MR) is 131 cm³/mol. The molecule has 4 rings (SSSR count). The summed E-state index contributed by atoms with van der Waals surface area (Å²) in [5, 5.41) is 6.76. The minimum absolute atomic E-state index is 0.818. The Labute approximate surface area is 185 Å². The van der Waals surface area contributed by atoms with Gasteiger partial charge >= 0.3 is 0 Å². The van der Waals surface area contributed by atoms with E-state index in [-0.39, 0.29) is 0 Å². The standard InChI is InChI=1S/C26H31N5/c1-7-27-22-12-8-10-20(17(22)2)21-11-9-13-23(18(21)3)28-19(4)26-29-24-16-30(5)15-14-25(24)31(26)6/h7-13,27-28H,1,4,14-16H2,2-3,5-6H3. The summed E-state index contributed by atoms with van der Waals surface area (Å²) in [6.45, 7) is 14.3. The number of likely N-dealkylation sites (N-methyl/N-ethyl adjacent to an activating group) is 1. The second kappa shape index (κ2) is 8.44. The minimum atomic E-state index is 0.818. The summed E-state index contributed by atoms with van der Waals surface area (Å²) in [6.07, 6.45) is 2.73. The third-order valence-electron chi connectivity index (χ3n) is 6.22. The highest BCUT2D eigenvalue weighted by Crippen LogP contribution is 2.34. The molecular weight excluding hydrogens is 382 g/mol. The first-order valence-corrected chi connectivity index (χ1v) is 10.7. The van der Waals surface area contributed by atoms with E-state index in [4.69, 9.17) is 4.98 Å². The average molecular weight is 414 g/mol. The Hall–Kier alpha value is -3.31. The van der Waals surface area contributed by atoms with Crippen LogP contribution < -0.4 is 10.6 Å². The Morgan fingerprint density at radius 3 is 2.35 bits per heavy atom. The maximum absolute atomic E-state index is 4.89. The molecule has 0 amide bonds. The molecule has 0 fully saturated rings. The molecule has 0 bridgehead atoms. The highest BCUT2D eigenvalue weighted by molar-refractivity contribution is 5.83. The Kier molecular flexibility index (Phi) is 5.70. The number of benzene rings is 2. The van der Waals surface area contributed by atoms with Crippen LogP contribution in [-0.2, 0) is 20.0 Å². The van der Waals surface area contributed by atoms with Gasteiger partial charge in [-0.15, -0.1) is 0 Å². The van der Waals surface area contributed by atoms with Crippen molar-refractivity contribution in [3.63, 3.8) is 0 Å². The van der Waals surface area contributed by atoms with Crippen molar-refractivity contribution in [1.29, 1.82) is 0 Å². The summed E-state index contributed by atoms with van der Waals surface area (Å²) in [5.74, 6) is 0.901. The Morgan fingerprint density at radius 1 is 1.03 bits per heavy atom. The van der Waals surface area contributed by atoms with Crippen LogP contribution in [-0.4, -0.2) is 28.0 Å². The van der Waals surface area contributed by atoms with Gasteiger partial charge in [0.05, 0.1) is 11.4 Å². The Morgan fingerprint density at radius 2 is 1.68 bits per heavy atom. The summed E-state index contributed by atoms with van der Waals surface area (Å²) in [6, 6.07) is 12.7. The zero-order valence-electron chi connectivity index (χ0n) is 18.9. The molecule has 0 saturated heterocycles. The number of fused-ring (bicyclic) bond motifs is 1. The Balaban J connectivity index is 1.65. The van der Waals surface area contributed by atoms with E-state index in [2.05, 4.69) is 97.6 Å². The highest BCUT2D eigenvalue weighted by Gasteiger charge is 2.22. The molecule has 0 saturated carbocycles. The lowest BCUT2D eigenvalue weighted by atomic mass is 9.94. The van der Waals surface area contributed by atoms with Gasteiger partial charge < -0.3 is 20.1 Å². The van der Waals surface area contributed by atoms with Crippen LogP contribution in [0.4, 0.5) is 11.4 Å². The van der Waals surface area contributed by atoms with Gasteiger partial charge in [0, 0.05) is 43.6 Å². The molecule has 0 unspecified atom stereocenters. The molecule has 1 aliphatic rings. The third-order valence-corrected chi connectivity index (χ3v) is 6.22. The number of aromatic nitrogens is 2. The molecule has 2 heterocycles. The summed E-state index contributed by atoms with van der Waals surface area (Å²) in [5.41, 5.74) is 10.2. The lowest BCUT2D eigenvalue weighted by Crippen LogP contribution is -2.27. The van der Waals surface area contributed by atoms with Crippen molar-refractivity contribution in [2.75, 3.05) is 24.2 Å². The quantitative estimate of drug-likeness (QED) is 0.573. The van der Waals surface area contributed by atoms with Gasteiger partial charge in [-0.3, -0.25) is 0 Å². The molecule has 31 heavy (non-hydrogen) atoms. The van der Waals surface area contributed by atoms with Gasteiger partial charge in [-0.25, -0.2) is 4.98 Å². The molecule has 0 spiro atoms. The molecule has 0 atom stereocenters. The van der Waals surface area contributed by atoms with Gasteiger partial charge in [0.2, 0.25) is 0 Å². The van der Waals surface area contributed by atoms with Gasteiger partial charge in [0.15, 0.2) is 5.82 Å². The van der Waals surface area contributed by atoms with Crippen LogP contribution in [0.25, 0.3) is 16.8 Å². The van der Waals surface area contributed by atoms with Crippen LogP contribution in [0.5, 0.6) is 0 Å². The van der Waals surface area contributed by atoms with Gasteiger partial charge in [-0.2, -0.15) is 0 Å². The summed E-state index contributed by atoms with van der Waals surface area (Å²) in [4.78, 5) is 7.20. The molecule has 2 N–H and O–H groups in total. The number of hydrogen-bond donors (Lipinski definition) is 2. The first kappa shape index (κ1) is 20.9. The average Bonchev–Trinajstić information content (AvgIpc) is 3.07. The molecule has 3 aromatic rings. The van der Waals surface area contributed by atoms with E-state index in [1.54, 1.807) is 6.20 Å². The van der Waals surface area contributed by atoms with Gasteiger partial charge in [0.25, 0.3) is 0 Å². The third kappa shape index (κ3) is 3.89. The second-order valence-corrected chi connectivity index (χ2v) is 8.28. The number of nitrogens with zero attached hydrogens (tertiary/aromatic N) is 3. The largest absolute Gasteiger partial charge is 0.362 e. The van der Waals surface area contributed by atoms with Crippen molar-refractivity contribution < 1.29 is 0 Å². The van der Waals surface area contributed by atoms with E-state index in [9.17, 15) is 0 Å². The SMILES string of the molecule is C=CNc1cccc(-c2cccc(NC(=C)c3nc4c(n3C)CCN(C)C4)c2C)c1C. The molecule has 1 aliphatic heterocycles. The molecule has 0 radical (unpaired) electrons. The molecule has 2 aromatic carbocycles. The zero-order valence-corrected chi connectivity index (χ0v) is 18.9. The fraction of sp³-hybridized carbons (Fsp3) is 0.269. The van der Waals surface area contributed by atoms with E-state index in [1.807, 2.05) is 0 Å². The van der Waals surface area contributed by atoms with E-state index in [0.717, 1.165) is 48.1 Å². The molecule has 5 nitrogen and oxygen atoms in total. The van der Waals surface area contributed by atoms with Crippen molar-refractivity contribution in [3.8, 4) is 11.1 Å². The van der Waals surface area contributed by atoms with Crippen LogP contribution in [0.1, 0.15) is 28.3 Å². The first-order valence-electron chi connectivity index (χ1n) is 10.7. The highest BCUT2D eigenvalue weighted by atomic mass is 15.2. The lowest BCUT2D eigenvalue weighted by Gasteiger charge is -2.21. The molecule has 160 valence electrons. The Bertz CT molecular complexity index is 1150. The molecular formula is C26H31N5. The van der Waals surface area contributed by atoms with Gasteiger partial charge in [-0.05, 0) is 61.5 Å². The number of rotatable bonds is 6. The maximum Gasteiger partial charge on any atom is 0.156 e. The van der Waals surface area contributed by atoms with Gasteiger partial charge in [-0.1, -0.05) is 37.4 Å². The topological polar surface area (TPSA) is 45.1 Å². The number of anilines is 2. The van der Waals surface area contributed by atoms with E-state index in [0.29, 0.717) is 0 Å². The fourth-order valence-electron chi connectivity index (χ4n) is 4.40. The van der Waals surface area contributed by atoms with Crippen molar-refractivity contribution in [2.45, 2.75) is 26.8 Å². The normalized spacial score (nSPS) is 13.5. The van der Waals surface area contributed by atoms with Crippen molar-refractivity contribution in [3.05, 3.63) is 84.1 Å². The van der Waals surface area contributed by atoms with Gasteiger partial charge in [0.1, 0.15) is 0 Å².